The number of aryl methyl sites for hydroxylation is 1. The van der Waals surface area contributed by atoms with Crippen molar-refractivity contribution in [2.24, 2.45) is 11.8 Å². The third kappa shape index (κ3) is 3.54. The lowest BCUT2D eigenvalue weighted by Gasteiger charge is -2.30. The first-order valence-corrected chi connectivity index (χ1v) is 8.36. The van der Waals surface area contributed by atoms with Crippen LogP contribution < -0.4 is 5.32 Å². The smallest absolute Gasteiger partial charge is 0.306 e. The third-order valence-corrected chi connectivity index (χ3v) is 5.13. The van der Waals surface area contributed by atoms with Crippen LogP contribution in [0.15, 0.2) is 18.2 Å². The van der Waals surface area contributed by atoms with Gasteiger partial charge in [-0.05, 0) is 61.8 Å². The summed E-state index contributed by atoms with van der Waals surface area (Å²) < 4.78 is 13.4. The van der Waals surface area contributed by atoms with Gasteiger partial charge in [0.1, 0.15) is 5.82 Å². The summed E-state index contributed by atoms with van der Waals surface area (Å²) in [5.41, 5.74) is 1.96. The quantitative estimate of drug-likeness (QED) is 0.899. The van der Waals surface area contributed by atoms with Gasteiger partial charge >= 0.3 is 5.97 Å². The minimum atomic E-state index is -0.805. The van der Waals surface area contributed by atoms with Gasteiger partial charge in [-0.3, -0.25) is 9.59 Å². The van der Waals surface area contributed by atoms with Gasteiger partial charge in [-0.15, -0.1) is 0 Å². The van der Waals surface area contributed by atoms with Gasteiger partial charge in [0.25, 0.3) is 0 Å². The Labute approximate surface area is 135 Å². The van der Waals surface area contributed by atoms with Crippen molar-refractivity contribution in [2.45, 2.75) is 51.0 Å². The number of rotatable bonds is 3. The van der Waals surface area contributed by atoms with Gasteiger partial charge in [0, 0.05) is 5.92 Å². The van der Waals surface area contributed by atoms with Gasteiger partial charge in [0.15, 0.2) is 0 Å². The molecule has 4 nitrogen and oxygen atoms in total. The maximum absolute atomic E-state index is 13.4. The maximum Gasteiger partial charge on any atom is 0.306 e. The number of benzene rings is 1. The summed E-state index contributed by atoms with van der Waals surface area (Å²) in [6.45, 7) is 0. The zero-order valence-corrected chi connectivity index (χ0v) is 13.1. The minimum Gasteiger partial charge on any atom is -0.481 e. The normalized spacial score (nSPS) is 27.1. The molecular weight excluding hydrogens is 297 g/mol. The van der Waals surface area contributed by atoms with Gasteiger partial charge in [-0.1, -0.05) is 12.5 Å². The molecule has 1 aromatic carbocycles. The Kier molecular flexibility index (Phi) is 4.64. The lowest BCUT2D eigenvalue weighted by molar-refractivity contribution is -0.144. The molecule has 0 spiro atoms. The molecule has 0 saturated heterocycles. The lowest BCUT2D eigenvalue weighted by atomic mass is 9.80. The van der Waals surface area contributed by atoms with Crippen LogP contribution in [-0.2, 0) is 16.0 Å². The highest BCUT2D eigenvalue weighted by Crippen LogP contribution is 2.33. The Bertz CT molecular complexity index is 616. The summed E-state index contributed by atoms with van der Waals surface area (Å²) in [4.78, 5) is 23.7. The second-order valence-electron chi connectivity index (χ2n) is 6.70. The van der Waals surface area contributed by atoms with Crippen molar-refractivity contribution < 1.29 is 19.1 Å². The molecule has 124 valence electrons. The standard InChI is InChI=1S/C18H22FNO3/c19-14-7-8-15-11(10-14)3-2-6-16(15)20-17(21)12-4-1-5-13(9-12)18(22)23/h7-8,10,12-13,16H,1-6,9H2,(H,20,21)(H,22,23). The summed E-state index contributed by atoms with van der Waals surface area (Å²) in [5.74, 6) is -1.74. The van der Waals surface area contributed by atoms with Crippen LogP contribution in [0.3, 0.4) is 0 Å². The summed E-state index contributed by atoms with van der Waals surface area (Å²) >= 11 is 0. The predicted molar refractivity (Wildman–Crippen MR) is 83.3 cm³/mol. The molecule has 2 N–H and O–H groups in total. The van der Waals surface area contributed by atoms with Crippen molar-refractivity contribution in [3.05, 3.63) is 35.1 Å². The number of halogens is 1. The molecule has 3 rings (SSSR count). The van der Waals surface area contributed by atoms with Crippen LogP contribution in [0.1, 0.15) is 55.7 Å². The number of carboxylic acid groups (broad SMARTS) is 1. The van der Waals surface area contributed by atoms with Crippen molar-refractivity contribution in [1.82, 2.24) is 5.32 Å². The largest absolute Gasteiger partial charge is 0.481 e. The van der Waals surface area contributed by atoms with E-state index in [1.165, 1.54) is 6.07 Å². The molecule has 1 saturated carbocycles. The number of carboxylic acids is 1. The molecule has 1 aromatic rings. The first kappa shape index (κ1) is 16.0. The molecule has 23 heavy (non-hydrogen) atoms. The fourth-order valence-corrected chi connectivity index (χ4v) is 3.87. The van der Waals surface area contributed by atoms with E-state index in [-0.39, 0.29) is 23.7 Å². The van der Waals surface area contributed by atoms with Crippen LogP contribution in [0, 0.1) is 17.7 Å². The molecule has 0 heterocycles. The Morgan fingerprint density at radius 2 is 1.91 bits per heavy atom. The van der Waals surface area contributed by atoms with E-state index < -0.39 is 11.9 Å². The van der Waals surface area contributed by atoms with Gasteiger partial charge in [0.05, 0.1) is 12.0 Å². The third-order valence-electron chi connectivity index (χ3n) is 5.13. The molecule has 1 fully saturated rings. The van der Waals surface area contributed by atoms with Crippen molar-refractivity contribution in [3.63, 3.8) is 0 Å². The maximum atomic E-state index is 13.4. The number of fused-ring (bicyclic) bond motifs is 1. The Hall–Kier alpha value is -1.91. The highest BCUT2D eigenvalue weighted by atomic mass is 19.1. The Morgan fingerprint density at radius 3 is 2.70 bits per heavy atom. The molecule has 0 aliphatic heterocycles. The predicted octanol–water partition coefficient (Wildman–Crippen LogP) is 3.21. The molecule has 0 radical (unpaired) electrons. The van der Waals surface area contributed by atoms with Gasteiger partial charge in [0.2, 0.25) is 5.91 Å². The van der Waals surface area contributed by atoms with E-state index in [0.29, 0.717) is 12.8 Å². The van der Waals surface area contributed by atoms with Crippen molar-refractivity contribution >= 4 is 11.9 Å². The highest BCUT2D eigenvalue weighted by molar-refractivity contribution is 5.80. The fraction of sp³-hybridized carbons (Fsp3) is 0.556. The number of hydrogen-bond donors (Lipinski definition) is 2. The van der Waals surface area contributed by atoms with E-state index in [4.69, 9.17) is 5.11 Å². The highest BCUT2D eigenvalue weighted by Gasteiger charge is 2.32. The summed E-state index contributed by atoms with van der Waals surface area (Å²) in [7, 11) is 0. The first-order valence-electron chi connectivity index (χ1n) is 8.36. The Morgan fingerprint density at radius 1 is 1.13 bits per heavy atom. The number of carbonyl (C=O) groups excluding carboxylic acids is 1. The van der Waals surface area contributed by atoms with Gasteiger partial charge < -0.3 is 10.4 Å². The van der Waals surface area contributed by atoms with Crippen molar-refractivity contribution in [1.29, 1.82) is 0 Å². The molecule has 2 aliphatic carbocycles. The van der Waals surface area contributed by atoms with E-state index in [0.717, 1.165) is 43.2 Å². The van der Waals surface area contributed by atoms with Crippen LogP contribution in [0.25, 0.3) is 0 Å². The number of carbonyl (C=O) groups is 2. The minimum absolute atomic E-state index is 0.0573. The zero-order valence-electron chi connectivity index (χ0n) is 13.1. The zero-order chi connectivity index (χ0) is 16.4. The molecule has 0 aromatic heterocycles. The van der Waals surface area contributed by atoms with E-state index in [1.54, 1.807) is 12.1 Å². The van der Waals surface area contributed by atoms with E-state index >= 15 is 0 Å². The molecule has 2 aliphatic rings. The lowest BCUT2D eigenvalue weighted by Crippen LogP contribution is -2.38. The molecule has 3 unspecified atom stereocenters. The molecule has 0 bridgehead atoms. The first-order chi connectivity index (χ1) is 11.0. The topological polar surface area (TPSA) is 66.4 Å². The number of amides is 1. The molecule has 1 amide bonds. The van der Waals surface area contributed by atoms with Gasteiger partial charge in [-0.25, -0.2) is 4.39 Å². The number of aliphatic carboxylic acids is 1. The SMILES string of the molecule is O=C(O)C1CCCC(C(=O)NC2CCCc3cc(F)ccc32)C1. The second kappa shape index (κ2) is 6.69. The number of nitrogens with one attached hydrogen (secondary N) is 1. The molecule has 5 heteroatoms. The monoisotopic (exact) mass is 319 g/mol. The van der Waals surface area contributed by atoms with Crippen LogP contribution in [0.4, 0.5) is 4.39 Å². The average molecular weight is 319 g/mol. The average Bonchev–Trinajstić information content (AvgIpc) is 2.54. The van der Waals surface area contributed by atoms with Crippen LogP contribution >= 0.6 is 0 Å². The van der Waals surface area contributed by atoms with Crippen LogP contribution in [0.5, 0.6) is 0 Å². The van der Waals surface area contributed by atoms with Crippen LogP contribution in [-0.4, -0.2) is 17.0 Å². The summed E-state index contributed by atoms with van der Waals surface area (Å²) in [5, 5.41) is 12.2. The second-order valence-corrected chi connectivity index (χ2v) is 6.70. The van der Waals surface area contributed by atoms with E-state index in [2.05, 4.69) is 5.32 Å². The summed E-state index contributed by atoms with van der Waals surface area (Å²) in [6.07, 6.45) is 5.21. The van der Waals surface area contributed by atoms with E-state index in [9.17, 15) is 14.0 Å². The van der Waals surface area contributed by atoms with Gasteiger partial charge in [-0.2, -0.15) is 0 Å². The van der Waals surface area contributed by atoms with Crippen molar-refractivity contribution in [2.75, 3.05) is 0 Å². The van der Waals surface area contributed by atoms with Crippen LogP contribution in [0.2, 0.25) is 0 Å². The van der Waals surface area contributed by atoms with Crippen molar-refractivity contribution in [3.8, 4) is 0 Å². The van der Waals surface area contributed by atoms with E-state index in [1.807, 2.05) is 0 Å². The molecular formula is C18H22FNO3. The fourth-order valence-electron chi connectivity index (χ4n) is 3.87. The summed E-state index contributed by atoms with van der Waals surface area (Å²) in [6, 6.07) is 4.66. The Balaban J connectivity index is 1.68. The number of hydrogen-bond acceptors (Lipinski definition) is 2. The molecule has 3 atom stereocenters.